The standard InChI is InChI=1S/C19H20N2O2S/c1-19-10-11-24-17(19)21(2)16-9-8-14(12-15(16)19)23-18(22)20-13-6-4-3-5-7-13/h3-9,12,17H,10-11H2,1-2H3,(H,20,22). The van der Waals surface area contributed by atoms with Crippen molar-refractivity contribution >= 4 is 29.2 Å². The van der Waals surface area contributed by atoms with Crippen LogP contribution in [-0.2, 0) is 5.41 Å². The van der Waals surface area contributed by atoms with Gasteiger partial charge in [-0.05, 0) is 48.1 Å². The summed E-state index contributed by atoms with van der Waals surface area (Å²) in [5.41, 5.74) is 3.38. The number of nitrogens with one attached hydrogen (secondary N) is 1. The molecule has 0 aliphatic carbocycles. The van der Waals surface area contributed by atoms with Gasteiger partial charge < -0.3 is 9.64 Å². The first kappa shape index (κ1) is 15.4. The summed E-state index contributed by atoms with van der Waals surface area (Å²) in [4.78, 5) is 14.5. The Balaban J connectivity index is 1.55. The van der Waals surface area contributed by atoms with Crippen LogP contribution in [0, 0.1) is 0 Å². The SMILES string of the molecule is CN1c2ccc(OC(=O)Nc3ccccc3)cc2C2(C)CCSC12. The molecule has 1 fully saturated rings. The number of para-hydroxylation sites is 1. The topological polar surface area (TPSA) is 41.6 Å². The molecule has 2 aliphatic rings. The first-order valence-corrected chi connectivity index (χ1v) is 9.16. The van der Waals surface area contributed by atoms with Gasteiger partial charge in [0.25, 0.3) is 0 Å². The summed E-state index contributed by atoms with van der Waals surface area (Å²) in [6.07, 6.45) is 0.689. The van der Waals surface area contributed by atoms with Crippen molar-refractivity contribution in [1.29, 1.82) is 0 Å². The van der Waals surface area contributed by atoms with Gasteiger partial charge in [0.1, 0.15) is 5.75 Å². The molecule has 0 aromatic heterocycles. The molecule has 2 aromatic carbocycles. The van der Waals surface area contributed by atoms with E-state index < -0.39 is 6.09 Å². The molecule has 2 heterocycles. The van der Waals surface area contributed by atoms with Crippen molar-refractivity contribution in [2.75, 3.05) is 23.0 Å². The van der Waals surface area contributed by atoms with E-state index in [0.29, 0.717) is 11.1 Å². The van der Waals surface area contributed by atoms with E-state index >= 15 is 0 Å². The summed E-state index contributed by atoms with van der Waals surface area (Å²) in [5.74, 6) is 1.76. The fourth-order valence-corrected chi connectivity index (χ4v) is 5.45. The quantitative estimate of drug-likeness (QED) is 0.876. The highest BCUT2D eigenvalue weighted by Gasteiger charge is 2.50. The second-order valence-electron chi connectivity index (χ2n) is 6.56. The lowest BCUT2D eigenvalue weighted by Gasteiger charge is -2.27. The van der Waals surface area contributed by atoms with Crippen LogP contribution in [0.25, 0.3) is 0 Å². The molecular formula is C19H20N2O2S. The van der Waals surface area contributed by atoms with Crippen LogP contribution in [-0.4, -0.2) is 24.3 Å². The number of benzene rings is 2. The van der Waals surface area contributed by atoms with Crippen molar-refractivity contribution in [3.05, 3.63) is 54.1 Å². The Bertz CT molecular complexity index is 780. The van der Waals surface area contributed by atoms with Crippen LogP contribution in [0.3, 0.4) is 0 Å². The number of likely N-dealkylation sites (N-methyl/N-ethyl adjacent to an activating group) is 1. The minimum atomic E-state index is -0.463. The third-order valence-corrected chi connectivity index (χ3v) is 6.58. The zero-order valence-electron chi connectivity index (χ0n) is 13.8. The number of carbonyl (C=O) groups excluding carboxylic acids is 1. The molecule has 5 heteroatoms. The summed E-state index contributed by atoms with van der Waals surface area (Å²) in [5, 5.41) is 3.22. The number of nitrogens with zero attached hydrogens (tertiary/aromatic N) is 1. The molecule has 0 bridgehead atoms. The van der Waals surface area contributed by atoms with E-state index in [1.165, 1.54) is 17.0 Å². The van der Waals surface area contributed by atoms with E-state index in [1.807, 2.05) is 54.2 Å². The second-order valence-corrected chi connectivity index (χ2v) is 7.75. The molecule has 4 nitrogen and oxygen atoms in total. The van der Waals surface area contributed by atoms with Gasteiger partial charge in [-0.3, -0.25) is 5.32 Å². The van der Waals surface area contributed by atoms with Crippen LogP contribution < -0.4 is 15.0 Å². The van der Waals surface area contributed by atoms with Crippen LogP contribution in [0.2, 0.25) is 0 Å². The monoisotopic (exact) mass is 340 g/mol. The average molecular weight is 340 g/mol. The maximum Gasteiger partial charge on any atom is 0.417 e. The van der Waals surface area contributed by atoms with Crippen molar-refractivity contribution in [2.24, 2.45) is 0 Å². The second kappa shape index (κ2) is 5.74. The molecule has 2 atom stereocenters. The van der Waals surface area contributed by atoms with Gasteiger partial charge in [0.15, 0.2) is 0 Å². The number of rotatable bonds is 2. The number of carbonyl (C=O) groups is 1. The van der Waals surface area contributed by atoms with Crippen molar-refractivity contribution in [3.8, 4) is 5.75 Å². The molecule has 24 heavy (non-hydrogen) atoms. The number of hydrogen-bond acceptors (Lipinski definition) is 4. The molecule has 1 amide bonds. The Kier molecular flexibility index (Phi) is 3.68. The van der Waals surface area contributed by atoms with Crippen molar-refractivity contribution in [1.82, 2.24) is 0 Å². The molecule has 0 saturated carbocycles. The van der Waals surface area contributed by atoms with Crippen LogP contribution in [0.4, 0.5) is 16.2 Å². The van der Waals surface area contributed by atoms with Gasteiger partial charge in [-0.2, -0.15) is 0 Å². The van der Waals surface area contributed by atoms with E-state index in [-0.39, 0.29) is 5.41 Å². The highest BCUT2D eigenvalue weighted by atomic mass is 32.2. The first-order valence-electron chi connectivity index (χ1n) is 8.11. The maximum atomic E-state index is 12.1. The first-order chi connectivity index (χ1) is 11.6. The van der Waals surface area contributed by atoms with Gasteiger partial charge in [-0.15, -0.1) is 11.8 Å². The van der Waals surface area contributed by atoms with Crippen molar-refractivity contribution in [2.45, 2.75) is 24.1 Å². The Morgan fingerprint density at radius 2 is 2.08 bits per heavy atom. The lowest BCUT2D eigenvalue weighted by molar-refractivity contribution is 0.215. The van der Waals surface area contributed by atoms with E-state index in [1.54, 1.807) is 0 Å². The minimum Gasteiger partial charge on any atom is -0.410 e. The molecule has 4 rings (SSSR count). The third-order valence-electron chi connectivity index (χ3n) is 4.99. The Morgan fingerprint density at radius 3 is 2.88 bits per heavy atom. The van der Waals surface area contributed by atoms with E-state index in [2.05, 4.69) is 30.3 Å². The minimum absolute atomic E-state index is 0.129. The average Bonchev–Trinajstić information content (AvgIpc) is 3.05. The molecule has 2 unspecified atom stereocenters. The van der Waals surface area contributed by atoms with Gasteiger partial charge in [0.2, 0.25) is 0 Å². The summed E-state index contributed by atoms with van der Waals surface area (Å²) in [6.45, 7) is 2.31. The van der Waals surface area contributed by atoms with Crippen LogP contribution in [0.15, 0.2) is 48.5 Å². The largest absolute Gasteiger partial charge is 0.417 e. The van der Waals surface area contributed by atoms with Gasteiger partial charge in [0.05, 0.1) is 5.37 Å². The number of hydrogen-bond donors (Lipinski definition) is 1. The van der Waals surface area contributed by atoms with Crippen molar-refractivity contribution < 1.29 is 9.53 Å². The highest BCUT2D eigenvalue weighted by Crippen LogP contribution is 2.55. The normalized spacial score (nSPS) is 24.4. The number of fused-ring (bicyclic) bond motifs is 3. The Morgan fingerprint density at radius 1 is 1.29 bits per heavy atom. The summed E-state index contributed by atoms with van der Waals surface area (Å²) >= 11 is 2.00. The zero-order chi connectivity index (χ0) is 16.7. The molecule has 2 aromatic rings. The molecule has 124 valence electrons. The van der Waals surface area contributed by atoms with E-state index in [9.17, 15) is 4.79 Å². The van der Waals surface area contributed by atoms with Gasteiger partial charge >= 0.3 is 6.09 Å². The number of amides is 1. The third kappa shape index (κ3) is 2.44. The van der Waals surface area contributed by atoms with Crippen molar-refractivity contribution in [3.63, 3.8) is 0 Å². The molecule has 1 saturated heterocycles. The lowest BCUT2D eigenvalue weighted by Crippen LogP contribution is -2.34. The number of anilines is 2. The number of ether oxygens (including phenoxy) is 1. The molecule has 0 radical (unpaired) electrons. The van der Waals surface area contributed by atoms with Crippen LogP contribution in [0.1, 0.15) is 18.9 Å². The number of thioether (sulfide) groups is 1. The predicted octanol–water partition coefficient (Wildman–Crippen LogP) is 4.47. The van der Waals surface area contributed by atoms with Gasteiger partial charge in [-0.1, -0.05) is 25.1 Å². The smallest absolute Gasteiger partial charge is 0.410 e. The predicted molar refractivity (Wildman–Crippen MR) is 99.1 cm³/mol. The zero-order valence-corrected chi connectivity index (χ0v) is 14.6. The Hall–Kier alpha value is -2.14. The molecule has 2 aliphatic heterocycles. The van der Waals surface area contributed by atoms with Crippen LogP contribution >= 0.6 is 11.8 Å². The molecular weight excluding hydrogens is 320 g/mol. The summed E-state index contributed by atoms with van der Waals surface area (Å²) in [7, 11) is 2.15. The lowest BCUT2D eigenvalue weighted by atomic mass is 9.82. The summed E-state index contributed by atoms with van der Waals surface area (Å²) in [6, 6.07) is 15.3. The highest BCUT2D eigenvalue weighted by molar-refractivity contribution is 8.00. The fraction of sp³-hybridized carbons (Fsp3) is 0.316. The van der Waals surface area contributed by atoms with Crippen LogP contribution in [0.5, 0.6) is 5.75 Å². The van der Waals surface area contributed by atoms with E-state index in [4.69, 9.17) is 4.74 Å². The van der Waals surface area contributed by atoms with Gasteiger partial charge in [-0.25, -0.2) is 4.79 Å². The summed E-state index contributed by atoms with van der Waals surface area (Å²) < 4.78 is 5.50. The Labute approximate surface area is 146 Å². The molecule has 0 spiro atoms. The molecule has 1 N–H and O–H groups in total. The fourth-order valence-electron chi connectivity index (χ4n) is 3.74. The maximum absolute atomic E-state index is 12.1. The van der Waals surface area contributed by atoms with E-state index in [0.717, 1.165) is 12.1 Å². The van der Waals surface area contributed by atoms with Gasteiger partial charge in [0, 0.05) is 23.8 Å².